The molecular formula is C14H26O6. The number of carbonyl (C=O) groups excluding carboxylic acids is 2. The number of rotatable bonds is 11. The van der Waals surface area contributed by atoms with Crippen LogP contribution < -0.4 is 0 Å². The Kier molecular flexibility index (Phi) is 11.0. The molecule has 0 amide bonds. The van der Waals surface area contributed by atoms with E-state index in [-0.39, 0.29) is 26.4 Å². The lowest BCUT2D eigenvalue weighted by molar-refractivity contribution is -0.153. The fourth-order valence-corrected chi connectivity index (χ4v) is 1.03. The highest BCUT2D eigenvalue weighted by atomic mass is 16.6. The molecule has 20 heavy (non-hydrogen) atoms. The smallest absolute Gasteiger partial charge is 0.332 e. The number of hydrogen-bond donors (Lipinski definition) is 0. The van der Waals surface area contributed by atoms with E-state index >= 15 is 0 Å². The monoisotopic (exact) mass is 290 g/mol. The standard InChI is InChI=1S/C14H26O6/c1-11(2)7-19-13(15)9-17-5-6-18-10-14(16)20-8-12(3)4/h11-12H,5-10H2,1-4H3. The predicted octanol–water partition coefficient (Wildman–Crippen LogP) is 1.42. The Hall–Kier alpha value is -1.14. The average Bonchev–Trinajstić information content (AvgIpc) is 2.37. The Bertz CT molecular complexity index is 247. The minimum atomic E-state index is -0.393. The molecule has 118 valence electrons. The van der Waals surface area contributed by atoms with E-state index in [1.54, 1.807) is 0 Å². The van der Waals surface area contributed by atoms with Crippen molar-refractivity contribution in [2.75, 3.05) is 39.6 Å². The molecule has 0 aromatic heterocycles. The molecule has 0 saturated carbocycles. The second-order valence-corrected chi connectivity index (χ2v) is 5.26. The molecule has 0 atom stereocenters. The van der Waals surface area contributed by atoms with E-state index in [0.717, 1.165) is 0 Å². The first-order valence-corrected chi connectivity index (χ1v) is 6.88. The normalized spacial score (nSPS) is 10.9. The van der Waals surface area contributed by atoms with Gasteiger partial charge in [-0.05, 0) is 11.8 Å². The highest BCUT2D eigenvalue weighted by Gasteiger charge is 2.06. The van der Waals surface area contributed by atoms with Crippen molar-refractivity contribution in [1.29, 1.82) is 0 Å². The molecule has 0 radical (unpaired) electrons. The molecule has 0 unspecified atom stereocenters. The lowest BCUT2D eigenvalue weighted by atomic mass is 10.2. The van der Waals surface area contributed by atoms with Gasteiger partial charge in [-0.1, -0.05) is 27.7 Å². The third-order valence-electron chi connectivity index (χ3n) is 1.97. The quantitative estimate of drug-likeness (QED) is 0.423. The van der Waals surface area contributed by atoms with Gasteiger partial charge >= 0.3 is 11.9 Å². The van der Waals surface area contributed by atoms with Crippen LogP contribution in [0.2, 0.25) is 0 Å². The zero-order chi connectivity index (χ0) is 15.4. The zero-order valence-electron chi connectivity index (χ0n) is 12.8. The van der Waals surface area contributed by atoms with Crippen LogP contribution in [0.15, 0.2) is 0 Å². The zero-order valence-corrected chi connectivity index (χ0v) is 12.8. The van der Waals surface area contributed by atoms with Crippen LogP contribution in [0, 0.1) is 11.8 Å². The maximum atomic E-state index is 11.2. The Morgan fingerprint density at radius 3 is 1.40 bits per heavy atom. The van der Waals surface area contributed by atoms with Crippen LogP contribution in [0.25, 0.3) is 0 Å². The molecule has 0 aromatic carbocycles. The third kappa shape index (κ3) is 13.3. The summed E-state index contributed by atoms with van der Waals surface area (Å²) < 4.78 is 20.0. The maximum absolute atomic E-state index is 11.2. The van der Waals surface area contributed by atoms with Crippen LogP contribution in [0.5, 0.6) is 0 Å². The fraction of sp³-hybridized carbons (Fsp3) is 0.857. The summed E-state index contributed by atoms with van der Waals surface area (Å²) in [6, 6.07) is 0. The van der Waals surface area contributed by atoms with Gasteiger partial charge in [0.15, 0.2) is 0 Å². The summed E-state index contributed by atoms with van der Waals surface area (Å²) in [5, 5.41) is 0. The molecule has 0 fully saturated rings. The molecule has 0 spiro atoms. The fourth-order valence-electron chi connectivity index (χ4n) is 1.03. The van der Waals surface area contributed by atoms with Crippen molar-refractivity contribution in [3.05, 3.63) is 0 Å². The predicted molar refractivity (Wildman–Crippen MR) is 73.2 cm³/mol. The average molecular weight is 290 g/mol. The first kappa shape index (κ1) is 18.9. The van der Waals surface area contributed by atoms with Gasteiger partial charge in [0.05, 0.1) is 26.4 Å². The van der Waals surface area contributed by atoms with Gasteiger partial charge in [0.25, 0.3) is 0 Å². The van der Waals surface area contributed by atoms with Crippen LogP contribution in [0.4, 0.5) is 0 Å². The summed E-state index contributed by atoms with van der Waals surface area (Å²) in [5.74, 6) is -0.177. The summed E-state index contributed by atoms with van der Waals surface area (Å²) in [4.78, 5) is 22.4. The largest absolute Gasteiger partial charge is 0.464 e. The van der Waals surface area contributed by atoms with Crippen molar-refractivity contribution in [3.8, 4) is 0 Å². The summed E-state index contributed by atoms with van der Waals surface area (Å²) in [7, 11) is 0. The van der Waals surface area contributed by atoms with Gasteiger partial charge in [0.1, 0.15) is 13.2 Å². The number of hydrogen-bond acceptors (Lipinski definition) is 6. The second-order valence-electron chi connectivity index (χ2n) is 5.26. The highest BCUT2D eigenvalue weighted by molar-refractivity contribution is 5.71. The number of ether oxygens (including phenoxy) is 4. The van der Waals surface area contributed by atoms with Crippen molar-refractivity contribution in [2.45, 2.75) is 27.7 Å². The van der Waals surface area contributed by atoms with E-state index in [1.807, 2.05) is 27.7 Å². The molecule has 6 nitrogen and oxygen atoms in total. The van der Waals surface area contributed by atoms with E-state index in [1.165, 1.54) is 0 Å². The minimum Gasteiger partial charge on any atom is -0.464 e. The van der Waals surface area contributed by atoms with E-state index < -0.39 is 11.9 Å². The lowest BCUT2D eigenvalue weighted by Gasteiger charge is -2.09. The molecule has 0 bridgehead atoms. The molecule has 0 saturated heterocycles. The van der Waals surface area contributed by atoms with Gasteiger partial charge in [0.2, 0.25) is 0 Å². The van der Waals surface area contributed by atoms with Gasteiger partial charge in [-0.2, -0.15) is 0 Å². The lowest BCUT2D eigenvalue weighted by Crippen LogP contribution is -2.19. The SMILES string of the molecule is CC(C)COC(=O)COCCOCC(=O)OCC(C)C. The van der Waals surface area contributed by atoms with Crippen molar-refractivity contribution in [3.63, 3.8) is 0 Å². The van der Waals surface area contributed by atoms with Crippen LogP contribution in [-0.4, -0.2) is 51.6 Å². The van der Waals surface area contributed by atoms with Gasteiger partial charge in [-0.3, -0.25) is 0 Å². The molecule has 0 heterocycles. The molecule has 0 aliphatic heterocycles. The topological polar surface area (TPSA) is 71.1 Å². The first-order chi connectivity index (χ1) is 9.41. The second kappa shape index (κ2) is 11.7. The van der Waals surface area contributed by atoms with Crippen molar-refractivity contribution in [2.24, 2.45) is 11.8 Å². The Labute approximate surface area is 120 Å². The first-order valence-electron chi connectivity index (χ1n) is 6.88. The molecule has 0 aliphatic carbocycles. The Balaban J connectivity index is 3.35. The molecule has 0 aliphatic rings. The van der Waals surface area contributed by atoms with Gasteiger partial charge in [-0.25, -0.2) is 9.59 Å². The molecule has 0 rings (SSSR count). The Morgan fingerprint density at radius 2 is 1.10 bits per heavy atom. The molecule has 0 aromatic rings. The van der Waals surface area contributed by atoms with Gasteiger partial charge in [0, 0.05) is 0 Å². The number of esters is 2. The Morgan fingerprint density at radius 1 is 0.750 bits per heavy atom. The van der Waals surface area contributed by atoms with Gasteiger partial charge in [-0.15, -0.1) is 0 Å². The number of carbonyl (C=O) groups is 2. The highest BCUT2D eigenvalue weighted by Crippen LogP contribution is 1.94. The van der Waals surface area contributed by atoms with Crippen LogP contribution >= 0.6 is 0 Å². The van der Waals surface area contributed by atoms with Crippen molar-refractivity contribution < 1.29 is 28.5 Å². The van der Waals surface area contributed by atoms with E-state index in [4.69, 9.17) is 18.9 Å². The minimum absolute atomic E-state index is 0.103. The van der Waals surface area contributed by atoms with Crippen molar-refractivity contribution in [1.82, 2.24) is 0 Å². The summed E-state index contributed by atoms with van der Waals surface area (Å²) in [5.41, 5.74) is 0. The summed E-state index contributed by atoms with van der Waals surface area (Å²) in [6.07, 6.45) is 0. The molecular weight excluding hydrogens is 264 g/mol. The van der Waals surface area contributed by atoms with Crippen molar-refractivity contribution >= 4 is 11.9 Å². The van der Waals surface area contributed by atoms with Crippen LogP contribution in [0.1, 0.15) is 27.7 Å². The molecule has 6 heteroatoms. The summed E-state index contributed by atoms with van der Waals surface area (Å²) in [6.45, 7) is 8.87. The maximum Gasteiger partial charge on any atom is 0.332 e. The molecule has 0 N–H and O–H groups in total. The van der Waals surface area contributed by atoms with Crippen LogP contribution in [-0.2, 0) is 28.5 Å². The third-order valence-corrected chi connectivity index (χ3v) is 1.97. The summed E-state index contributed by atoms with van der Waals surface area (Å²) >= 11 is 0. The van der Waals surface area contributed by atoms with Gasteiger partial charge < -0.3 is 18.9 Å². The van der Waals surface area contributed by atoms with E-state index in [9.17, 15) is 9.59 Å². The van der Waals surface area contributed by atoms with E-state index in [0.29, 0.717) is 25.0 Å². The van der Waals surface area contributed by atoms with Crippen LogP contribution in [0.3, 0.4) is 0 Å². The van der Waals surface area contributed by atoms with E-state index in [2.05, 4.69) is 0 Å².